The van der Waals surface area contributed by atoms with E-state index in [-0.39, 0.29) is 11.8 Å². The minimum atomic E-state index is -3.37. The average molecular weight is 324 g/mol. The summed E-state index contributed by atoms with van der Waals surface area (Å²) in [6.07, 6.45) is 0.728. The summed E-state index contributed by atoms with van der Waals surface area (Å²) in [5.41, 5.74) is 7.29. The van der Waals surface area contributed by atoms with E-state index < -0.39 is 10.0 Å². The van der Waals surface area contributed by atoms with Crippen LogP contribution >= 0.6 is 11.3 Å². The maximum Gasteiger partial charge on any atom is 0.216 e. The summed E-state index contributed by atoms with van der Waals surface area (Å²) >= 11 is 1.57. The number of benzene rings is 1. The molecule has 0 radical (unpaired) electrons. The molecule has 6 heteroatoms. The Bertz CT molecular complexity index is 649. The van der Waals surface area contributed by atoms with E-state index in [4.69, 9.17) is 5.73 Å². The Hall–Kier alpha value is -1.21. The Morgan fingerprint density at radius 1 is 1.19 bits per heavy atom. The van der Waals surface area contributed by atoms with E-state index in [9.17, 15) is 8.42 Å². The van der Waals surface area contributed by atoms with E-state index in [0.29, 0.717) is 6.54 Å². The summed E-state index contributed by atoms with van der Waals surface area (Å²) in [5.74, 6) is -0.0142. The molecule has 0 saturated heterocycles. The van der Waals surface area contributed by atoms with Crippen LogP contribution in [0, 0.1) is 0 Å². The molecule has 21 heavy (non-hydrogen) atoms. The van der Waals surface area contributed by atoms with Crippen molar-refractivity contribution in [1.29, 1.82) is 0 Å². The van der Waals surface area contributed by atoms with Gasteiger partial charge in [0.15, 0.2) is 0 Å². The van der Waals surface area contributed by atoms with Gasteiger partial charge in [-0.05, 0) is 29.0 Å². The monoisotopic (exact) mass is 324 g/mol. The fourth-order valence-corrected chi connectivity index (χ4v) is 4.46. The zero-order chi connectivity index (χ0) is 15.3. The molecule has 0 amide bonds. The SMILES string of the molecule is CCC(NS(=O)(=O)Cc1ccc(CN)cc1)c1cccs1. The molecule has 114 valence electrons. The van der Waals surface area contributed by atoms with Crippen LogP contribution < -0.4 is 10.5 Å². The Morgan fingerprint density at radius 2 is 1.86 bits per heavy atom. The first-order valence-electron chi connectivity index (χ1n) is 6.85. The third-order valence-electron chi connectivity index (χ3n) is 3.23. The lowest BCUT2D eigenvalue weighted by Gasteiger charge is -2.15. The highest BCUT2D eigenvalue weighted by Crippen LogP contribution is 2.23. The fourth-order valence-electron chi connectivity index (χ4n) is 2.08. The molecule has 0 aliphatic rings. The zero-order valence-electron chi connectivity index (χ0n) is 12.0. The van der Waals surface area contributed by atoms with E-state index in [1.807, 2.05) is 48.7 Å². The number of nitrogens with one attached hydrogen (secondary N) is 1. The van der Waals surface area contributed by atoms with Crippen LogP contribution in [0.3, 0.4) is 0 Å². The van der Waals surface area contributed by atoms with Crippen LogP contribution in [0.1, 0.15) is 35.4 Å². The summed E-state index contributed by atoms with van der Waals surface area (Å²) in [6, 6.07) is 11.1. The van der Waals surface area contributed by atoms with E-state index in [1.165, 1.54) is 0 Å². The first kappa shape index (κ1) is 16.2. The molecule has 1 aromatic carbocycles. The van der Waals surface area contributed by atoms with Crippen LogP contribution in [0.5, 0.6) is 0 Å². The minimum absolute atomic E-state index is 0.0142. The van der Waals surface area contributed by atoms with Crippen LogP contribution in [-0.4, -0.2) is 8.42 Å². The lowest BCUT2D eigenvalue weighted by molar-refractivity contribution is 0.552. The van der Waals surface area contributed by atoms with Crippen molar-refractivity contribution < 1.29 is 8.42 Å². The number of thiophene rings is 1. The summed E-state index contributed by atoms with van der Waals surface area (Å²) in [6.45, 7) is 2.44. The summed E-state index contributed by atoms with van der Waals surface area (Å²) < 4.78 is 27.4. The number of nitrogens with two attached hydrogens (primary N) is 1. The second-order valence-electron chi connectivity index (χ2n) is 4.87. The van der Waals surface area contributed by atoms with Crippen LogP contribution in [0.4, 0.5) is 0 Å². The van der Waals surface area contributed by atoms with Gasteiger partial charge in [0.25, 0.3) is 0 Å². The van der Waals surface area contributed by atoms with Gasteiger partial charge in [0.1, 0.15) is 0 Å². The van der Waals surface area contributed by atoms with Gasteiger partial charge in [-0.15, -0.1) is 11.3 Å². The Kier molecular flexibility index (Phi) is 5.52. The Balaban J connectivity index is 2.06. The van der Waals surface area contributed by atoms with Gasteiger partial charge in [-0.25, -0.2) is 13.1 Å². The van der Waals surface area contributed by atoms with Crippen LogP contribution in [0.15, 0.2) is 41.8 Å². The summed E-state index contributed by atoms with van der Waals surface area (Å²) in [7, 11) is -3.37. The third kappa shape index (κ3) is 4.64. The molecule has 2 aromatic rings. The van der Waals surface area contributed by atoms with E-state index in [2.05, 4.69) is 4.72 Å². The van der Waals surface area contributed by atoms with Gasteiger partial charge in [0.2, 0.25) is 10.0 Å². The molecule has 0 spiro atoms. The average Bonchev–Trinajstić information content (AvgIpc) is 2.99. The summed E-state index contributed by atoms with van der Waals surface area (Å²) in [5, 5.41) is 1.96. The van der Waals surface area contributed by atoms with Crippen molar-refractivity contribution in [1.82, 2.24) is 4.72 Å². The highest BCUT2D eigenvalue weighted by atomic mass is 32.2. The van der Waals surface area contributed by atoms with E-state index >= 15 is 0 Å². The van der Waals surface area contributed by atoms with Crippen molar-refractivity contribution in [2.24, 2.45) is 5.73 Å². The van der Waals surface area contributed by atoms with Crippen LogP contribution in [0.25, 0.3) is 0 Å². The van der Waals surface area contributed by atoms with Gasteiger partial charge in [-0.1, -0.05) is 37.3 Å². The first-order chi connectivity index (χ1) is 10.0. The molecule has 0 aliphatic heterocycles. The fraction of sp³-hybridized carbons (Fsp3) is 0.333. The van der Waals surface area contributed by atoms with Crippen molar-refractivity contribution >= 4 is 21.4 Å². The quantitative estimate of drug-likeness (QED) is 0.822. The number of sulfonamides is 1. The topological polar surface area (TPSA) is 72.2 Å². The standard InChI is InChI=1S/C15H20N2O2S2/c1-2-14(15-4-3-9-20-15)17-21(18,19)11-13-7-5-12(10-16)6-8-13/h3-9,14,17H,2,10-11,16H2,1H3. The van der Waals surface area contributed by atoms with Crippen molar-refractivity contribution in [2.75, 3.05) is 0 Å². The van der Waals surface area contributed by atoms with E-state index in [1.54, 1.807) is 11.3 Å². The highest BCUT2D eigenvalue weighted by Gasteiger charge is 2.19. The highest BCUT2D eigenvalue weighted by molar-refractivity contribution is 7.88. The largest absolute Gasteiger partial charge is 0.326 e. The van der Waals surface area contributed by atoms with Crippen molar-refractivity contribution in [3.63, 3.8) is 0 Å². The molecule has 1 unspecified atom stereocenters. The molecule has 0 bridgehead atoms. The zero-order valence-corrected chi connectivity index (χ0v) is 13.6. The molecule has 1 aromatic heterocycles. The van der Waals surface area contributed by atoms with Gasteiger partial charge in [0.05, 0.1) is 11.8 Å². The molecule has 4 nitrogen and oxygen atoms in total. The van der Waals surface area contributed by atoms with Crippen molar-refractivity contribution in [2.45, 2.75) is 31.7 Å². The van der Waals surface area contributed by atoms with Gasteiger partial charge in [0, 0.05) is 11.4 Å². The van der Waals surface area contributed by atoms with Gasteiger partial charge in [-0.2, -0.15) is 0 Å². The third-order valence-corrected chi connectivity index (χ3v) is 5.58. The van der Waals surface area contributed by atoms with Gasteiger partial charge >= 0.3 is 0 Å². The molecule has 3 N–H and O–H groups in total. The Morgan fingerprint density at radius 3 is 2.38 bits per heavy atom. The molecule has 1 heterocycles. The van der Waals surface area contributed by atoms with Gasteiger partial charge < -0.3 is 5.73 Å². The van der Waals surface area contributed by atoms with Crippen molar-refractivity contribution in [3.05, 3.63) is 57.8 Å². The smallest absolute Gasteiger partial charge is 0.216 e. The molecule has 0 aliphatic carbocycles. The van der Waals surface area contributed by atoms with Crippen LogP contribution in [-0.2, 0) is 22.3 Å². The van der Waals surface area contributed by atoms with Crippen molar-refractivity contribution in [3.8, 4) is 0 Å². The van der Waals surface area contributed by atoms with Gasteiger partial charge in [-0.3, -0.25) is 0 Å². The normalized spacial score (nSPS) is 13.2. The number of hydrogen-bond donors (Lipinski definition) is 2. The predicted octanol–water partition coefficient (Wildman–Crippen LogP) is 2.78. The predicted molar refractivity (Wildman–Crippen MR) is 87.4 cm³/mol. The lowest BCUT2D eigenvalue weighted by atomic mass is 10.1. The van der Waals surface area contributed by atoms with Crippen LogP contribution in [0.2, 0.25) is 0 Å². The lowest BCUT2D eigenvalue weighted by Crippen LogP contribution is -2.29. The molecule has 2 rings (SSSR count). The minimum Gasteiger partial charge on any atom is -0.326 e. The second-order valence-corrected chi connectivity index (χ2v) is 7.61. The number of rotatable bonds is 7. The molecule has 0 saturated carbocycles. The molecule has 1 atom stereocenters. The Labute approximate surface area is 130 Å². The maximum atomic E-state index is 12.3. The molecular formula is C15H20N2O2S2. The molecular weight excluding hydrogens is 304 g/mol. The first-order valence-corrected chi connectivity index (χ1v) is 9.38. The molecule has 0 fully saturated rings. The number of hydrogen-bond acceptors (Lipinski definition) is 4. The summed E-state index contributed by atoms with van der Waals surface area (Å²) in [4.78, 5) is 1.04. The maximum absolute atomic E-state index is 12.3. The van der Waals surface area contributed by atoms with E-state index in [0.717, 1.165) is 22.4 Å². The second kappa shape index (κ2) is 7.17.